The van der Waals surface area contributed by atoms with Gasteiger partial charge in [-0.15, -0.1) is 11.3 Å². The molecule has 0 bridgehead atoms. The standard InChI is InChI=1S/C19H13ClFN3O2S/c20-14-4-2-1-3-12(14)16-9-27-19(23-16)24-18(26)13-8-17(25)22-15-7-10(21)5-6-11(13)15/h1-7,9,13H,8H2,(H,22,25)(H,23,24,26). The van der Waals surface area contributed by atoms with Crippen LogP contribution in [0.3, 0.4) is 0 Å². The van der Waals surface area contributed by atoms with Gasteiger partial charge in [-0.2, -0.15) is 0 Å². The molecule has 0 spiro atoms. The Kier molecular flexibility index (Phi) is 4.63. The van der Waals surface area contributed by atoms with Crippen LogP contribution < -0.4 is 10.6 Å². The van der Waals surface area contributed by atoms with Crippen LogP contribution in [0.2, 0.25) is 5.02 Å². The first-order chi connectivity index (χ1) is 13.0. The molecule has 1 unspecified atom stereocenters. The van der Waals surface area contributed by atoms with E-state index in [0.717, 1.165) is 5.56 Å². The Morgan fingerprint density at radius 3 is 2.93 bits per heavy atom. The molecule has 0 aliphatic carbocycles. The van der Waals surface area contributed by atoms with Gasteiger partial charge in [-0.25, -0.2) is 9.37 Å². The van der Waals surface area contributed by atoms with Crippen molar-refractivity contribution in [2.75, 3.05) is 10.6 Å². The van der Waals surface area contributed by atoms with Crippen LogP contribution in [0.5, 0.6) is 0 Å². The van der Waals surface area contributed by atoms with E-state index in [2.05, 4.69) is 15.6 Å². The highest BCUT2D eigenvalue weighted by atomic mass is 35.5. The van der Waals surface area contributed by atoms with Gasteiger partial charge in [0.25, 0.3) is 0 Å². The summed E-state index contributed by atoms with van der Waals surface area (Å²) in [7, 11) is 0. The van der Waals surface area contributed by atoms with Crippen LogP contribution in [0.25, 0.3) is 11.3 Å². The van der Waals surface area contributed by atoms with Gasteiger partial charge in [0.05, 0.1) is 11.6 Å². The molecule has 2 N–H and O–H groups in total. The summed E-state index contributed by atoms with van der Waals surface area (Å²) in [6.45, 7) is 0. The van der Waals surface area contributed by atoms with Crippen LogP contribution in [0.1, 0.15) is 17.9 Å². The average Bonchev–Trinajstić information content (AvgIpc) is 3.09. The van der Waals surface area contributed by atoms with E-state index in [1.807, 2.05) is 18.2 Å². The molecule has 1 aliphatic rings. The molecule has 4 rings (SSSR count). The number of fused-ring (bicyclic) bond motifs is 1. The molecule has 3 aromatic rings. The summed E-state index contributed by atoms with van der Waals surface area (Å²) < 4.78 is 13.4. The Morgan fingerprint density at radius 2 is 2.11 bits per heavy atom. The number of hydrogen-bond acceptors (Lipinski definition) is 4. The highest BCUT2D eigenvalue weighted by Gasteiger charge is 2.31. The van der Waals surface area contributed by atoms with Gasteiger partial charge in [0.15, 0.2) is 5.13 Å². The second-order valence-electron chi connectivity index (χ2n) is 6.04. The van der Waals surface area contributed by atoms with E-state index < -0.39 is 11.7 Å². The van der Waals surface area contributed by atoms with Crippen molar-refractivity contribution in [2.24, 2.45) is 0 Å². The number of benzene rings is 2. The van der Waals surface area contributed by atoms with Crippen molar-refractivity contribution in [1.29, 1.82) is 0 Å². The summed E-state index contributed by atoms with van der Waals surface area (Å²) in [4.78, 5) is 29.0. The first-order valence-corrected chi connectivity index (χ1v) is 9.37. The maximum atomic E-state index is 13.4. The van der Waals surface area contributed by atoms with Crippen LogP contribution in [0, 0.1) is 5.82 Å². The maximum absolute atomic E-state index is 13.4. The molecule has 2 amide bonds. The van der Waals surface area contributed by atoms with E-state index in [9.17, 15) is 14.0 Å². The lowest BCUT2D eigenvalue weighted by atomic mass is 9.90. The number of hydrogen-bond donors (Lipinski definition) is 2. The molecule has 27 heavy (non-hydrogen) atoms. The van der Waals surface area contributed by atoms with Gasteiger partial charge in [-0.3, -0.25) is 9.59 Å². The van der Waals surface area contributed by atoms with Crippen LogP contribution in [-0.4, -0.2) is 16.8 Å². The lowest BCUT2D eigenvalue weighted by Crippen LogP contribution is -2.30. The lowest BCUT2D eigenvalue weighted by molar-refractivity contribution is -0.123. The number of carbonyl (C=O) groups is 2. The fraction of sp³-hybridized carbons (Fsp3) is 0.105. The second kappa shape index (κ2) is 7.09. The highest BCUT2D eigenvalue weighted by Crippen LogP contribution is 2.35. The number of halogens is 2. The SMILES string of the molecule is O=C1CC(C(=O)Nc2nc(-c3ccccc3Cl)cs2)c2ccc(F)cc2N1. The van der Waals surface area contributed by atoms with Crippen molar-refractivity contribution < 1.29 is 14.0 Å². The van der Waals surface area contributed by atoms with E-state index in [-0.39, 0.29) is 18.2 Å². The topological polar surface area (TPSA) is 71.1 Å². The Bertz CT molecular complexity index is 1050. The molecule has 2 aromatic carbocycles. The summed E-state index contributed by atoms with van der Waals surface area (Å²) in [5, 5.41) is 8.12. The van der Waals surface area contributed by atoms with Crippen molar-refractivity contribution in [3.63, 3.8) is 0 Å². The third-order valence-corrected chi connectivity index (χ3v) is 5.34. The van der Waals surface area contributed by atoms with E-state index in [1.165, 1.54) is 29.5 Å². The van der Waals surface area contributed by atoms with E-state index in [4.69, 9.17) is 11.6 Å². The van der Waals surface area contributed by atoms with Gasteiger partial charge in [0, 0.05) is 28.1 Å². The van der Waals surface area contributed by atoms with Crippen molar-refractivity contribution in [3.05, 3.63) is 64.2 Å². The Morgan fingerprint density at radius 1 is 1.30 bits per heavy atom. The zero-order valence-electron chi connectivity index (χ0n) is 13.8. The number of rotatable bonds is 3. The molecular formula is C19H13ClFN3O2S. The van der Waals surface area contributed by atoms with Gasteiger partial charge in [-0.1, -0.05) is 35.9 Å². The predicted molar refractivity (Wildman–Crippen MR) is 104 cm³/mol. The summed E-state index contributed by atoms with van der Waals surface area (Å²) in [5.74, 6) is -1.87. The Hall–Kier alpha value is -2.77. The Balaban J connectivity index is 1.57. The molecule has 0 saturated heterocycles. The fourth-order valence-corrected chi connectivity index (χ4v) is 3.93. The van der Waals surface area contributed by atoms with E-state index in [0.29, 0.717) is 27.1 Å². The summed E-state index contributed by atoms with van der Waals surface area (Å²) in [6, 6.07) is 11.3. The van der Waals surface area contributed by atoms with Gasteiger partial charge in [-0.05, 0) is 23.8 Å². The van der Waals surface area contributed by atoms with E-state index in [1.54, 1.807) is 11.4 Å². The predicted octanol–water partition coefficient (Wildman–Crippen LogP) is 4.67. The number of amides is 2. The molecular weight excluding hydrogens is 389 g/mol. The number of thiazole rings is 1. The van der Waals surface area contributed by atoms with Gasteiger partial charge in [0.1, 0.15) is 5.82 Å². The first kappa shape index (κ1) is 17.6. The first-order valence-electron chi connectivity index (χ1n) is 8.12. The number of carbonyl (C=O) groups excluding carboxylic acids is 2. The summed E-state index contributed by atoms with van der Waals surface area (Å²) >= 11 is 7.45. The van der Waals surface area contributed by atoms with Crippen molar-refractivity contribution in [2.45, 2.75) is 12.3 Å². The summed E-state index contributed by atoms with van der Waals surface area (Å²) in [5.41, 5.74) is 2.33. The van der Waals surface area contributed by atoms with Crippen molar-refractivity contribution >= 4 is 45.6 Å². The van der Waals surface area contributed by atoms with Crippen LogP contribution in [-0.2, 0) is 9.59 Å². The molecule has 0 radical (unpaired) electrons. The van der Waals surface area contributed by atoms with Gasteiger partial charge < -0.3 is 10.6 Å². The highest BCUT2D eigenvalue weighted by molar-refractivity contribution is 7.14. The Labute approximate surface area is 163 Å². The zero-order valence-corrected chi connectivity index (χ0v) is 15.4. The fourth-order valence-electron chi connectivity index (χ4n) is 2.99. The number of anilines is 2. The quantitative estimate of drug-likeness (QED) is 0.670. The van der Waals surface area contributed by atoms with Gasteiger partial charge in [0.2, 0.25) is 11.8 Å². The van der Waals surface area contributed by atoms with Gasteiger partial charge >= 0.3 is 0 Å². The number of nitrogens with one attached hydrogen (secondary N) is 2. The average molecular weight is 402 g/mol. The lowest BCUT2D eigenvalue weighted by Gasteiger charge is -2.24. The molecule has 1 aromatic heterocycles. The van der Waals surface area contributed by atoms with Crippen LogP contribution in [0.4, 0.5) is 15.2 Å². The molecule has 8 heteroatoms. The summed E-state index contributed by atoms with van der Waals surface area (Å²) in [6.07, 6.45) is -0.00673. The molecule has 2 heterocycles. The molecule has 0 saturated carbocycles. The number of aromatic nitrogens is 1. The van der Waals surface area contributed by atoms with Crippen LogP contribution in [0.15, 0.2) is 47.8 Å². The monoisotopic (exact) mass is 401 g/mol. The molecule has 5 nitrogen and oxygen atoms in total. The van der Waals surface area contributed by atoms with E-state index >= 15 is 0 Å². The molecule has 1 aliphatic heterocycles. The minimum Gasteiger partial charge on any atom is -0.326 e. The molecule has 0 fully saturated rings. The third-order valence-electron chi connectivity index (χ3n) is 4.25. The second-order valence-corrected chi connectivity index (χ2v) is 7.31. The minimum atomic E-state index is -0.706. The molecule has 136 valence electrons. The zero-order chi connectivity index (χ0) is 19.0. The smallest absolute Gasteiger partial charge is 0.234 e. The number of nitrogens with zero attached hydrogens (tertiary/aromatic N) is 1. The minimum absolute atomic E-state index is 0.00673. The van der Waals surface area contributed by atoms with Crippen molar-refractivity contribution in [1.82, 2.24) is 4.98 Å². The van der Waals surface area contributed by atoms with Crippen LogP contribution >= 0.6 is 22.9 Å². The largest absolute Gasteiger partial charge is 0.326 e. The third kappa shape index (κ3) is 3.56. The van der Waals surface area contributed by atoms with Crippen molar-refractivity contribution in [3.8, 4) is 11.3 Å². The maximum Gasteiger partial charge on any atom is 0.234 e. The molecule has 1 atom stereocenters. The normalized spacial score (nSPS) is 15.8.